The molecule has 0 radical (unpaired) electrons. The molecule has 4 rings (SSSR count). The van der Waals surface area contributed by atoms with Crippen molar-refractivity contribution in [3.8, 4) is 0 Å². The second-order valence-electron chi connectivity index (χ2n) is 6.95. The number of amides is 2. The lowest BCUT2D eigenvalue weighted by Gasteiger charge is -2.36. The van der Waals surface area contributed by atoms with E-state index in [1.165, 1.54) is 18.1 Å². The molecule has 3 atom stereocenters. The zero-order valence-corrected chi connectivity index (χ0v) is 15.8. The number of anilines is 2. The monoisotopic (exact) mass is 395 g/mol. The number of rotatable bonds is 4. The number of hydrogen-bond acceptors (Lipinski definition) is 6. The molecule has 27 heavy (non-hydrogen) atoms. The Hall–Kier alpha value is -2.16. The largest absolute Gasteiger partial charge is 0.453 e. The van der Waals surface area contributed by atoms with E-state index in [0.717, 1.165) is 24.3 Å². The van der Waals surface area contributed by atoms with Crippen molar-refractivity contribution >= 4 is 35.3 Å². The molecule has 2 amide bonds. The van der Waals surface area contributed by atoms with Crippen molar-refractivity contribution in [2.24, 2.45) is 0 Å². The fourth-order valence-corrected chi connectivity index (χ4v) is 5.34. The topological polar surface area (TPSA) is 71.1 Å². The van der Waals surface area contributed by atoms with E-state index in [2.05, 4.69) is 15.0 Å². The van der Waals surface area contributed by atoms with Gasteiger partial charge in [-0.05, 0) is 31.0 Å². The van der Waals surface area contributed by atoms with Crippen LogP contribution in [0.25, 0.3) is 0 Å². The normalized spacial score (nSPS) is 26.9. The van der Waals surface area contributed by atoms with Crippen LogP contribution >= 0.6 is 11.8 Å². The van der Waals surface area contributed by atoms with Crippen molar-refractivity contribution in [1.29, 1.82) is 0 Å². The Balaban J connectivity index is 1.46. The molecule has 9 heteroatoms. The van der Waals surface area contributed by atoms with E-state index < -0.39 is 18.3 Å². The van der Waals surface area contributed by atoms with Gasteiger partial charge in [0, 0.05) is 23.6 Å². The van der Waals surface area contributed by atoms with Crippen LogP contribution in [0.5, 0.6) is 0 Å². The number of methoxy groups -OCH3 is 1. The summed E-state index contributed by atoms with van der Waals surface area (Å²) in [5, 5.41) is 2.50. The van der Waals surface area contributed by atoms with Gasteiger partial charge in [0.25, 0.3) is 0 Å². The molecular weight excluding hydrogens is 373 g/mol. The first-order valence-electron chi connectivity index (χ1n) is 9.02. The summed E-state index contributed by atoms with van der Waals surface area (Å²) in [6, 6.07) is 5.70. The predicted octanol–water partition coefficient (Wildman–Crippen LogP) is 2.59. The lowest BCUT2D eigenvalue weighted by molar-refractivity contribution is 0.132. The Kier molecular flexibility index (Phi) is 5.03. The van der Waals surface area contributed by atoms with Crippen molar-refractivity contribution in [2.75, 3.05) is 41.5 Å². The number of carbonyl (C=O) groups is 2. The number of ether oxygens (including phenoxy) is 2. The predicted molar refractivity (Wildman–Crippen MR) is 101 cm³/mol. The molecule has 0 unspecified atom stereocenters. The molecule has 1 aromatic rings. The summed E-state index contributed by atoms with van der Waals surface area (Å²) in [4.78, 5) is 26.9. The van der Waals surface area contributed by atoms with Gasteiger partial charge in [-0.3, -0.25) is 4.90 Å². The molecule has 3 aliphatic heterocycles. The molecule has 3 fully saturated rings. The maximum atomic E-state index is 14.9. The fraction of sp³-hybridized carbons (Fsp3) is 0.556. The van der Waals surface area contributed by atoms with Crippen LogP contribution in [0.4, 0.5) is 25.4 Å². The molecule has 0 aromatic heterocycles. The van der Waals surface area contributed by atoms with Crippen LogP contribution in [0.3, 0.4) is 0 Å². The smallest absolute Gasteiger partial charge is 0.414 e. The number of cyclic esters (lactones) is 1. The standard InChI is InChI=1S/C18H22FN3O4S/c1-25-17(23)20-7-14-8-21(18(24)26-14)11-4-5-16(15(19)6-11)22-12-2-3-13(22)10-27-9-12/h4-6,12-14H,2-3,7-10H2,1H3,(H,20,23)/t12-,13+,14-/m0/s1. The molecular formula is C18H22FN3O4S. The maximum Gasteiger partial charge on any atom is 0.414 e. The Morgan fingerprint density at radius 2 is 2.11 bits per heavy atom. The van der Waals surface area contributed by atoms with Crippen LogP contribution in [-0.4, -0.2) is 62.1 Å². The highest BCUT2D eigenvalue weighted by Crippen LogP contribution is 2.40. The molecule has 1 N–H and O–H groups in total. The first-order valence-corrected chi connectivity index (χ1v) is 10.2. The van der Waals surface area contributed by atoms with E-state index in [0.29, 0.717) is 23.5 Å². The molecule has 0 saturated carbocycles. The van der Waals surface area contributed by atoms with Gasteiger partial charge in [0.1, 0.15) is 11.9 Å². The zero-order chi connectivity index (χ0) is 19.0. The number of hydrogen-bond donors (Lipinski definition) is 1. The molecule has 0 aliphatic carbocycles. The van der Waals surface area contributed by atoms with Gasteiger partial charge in [-0.2, -0.15) is 11.8 Å². The van der Waals surface area contributed by atoms with Gasteiger partial charge < -0.3 is 19.7 Å². The number of carbonyl (C=O) groups excluding carboxylic acids is 2. The van der Waals surface area contributed by atoms with Gasteiger partial charge in [0.15, 0.2) is 0 Å². The van der Waals surface area contributed by atoms with Gasteiger partial charge in [0.2, 0.25) is 0 Å². The van der Waals surface area contributed by atoms with E-state index in [9.17, 15) is 14.0 Å². The summed E-state index contributed by atoms with van der Waals surface area (Å²) in [5.74, 6) is 1.75. The minimum atomic E-state index is -0.589. The van der Waals surface area contributed by atoms with Crippen molar-refractivity contribution in [2.45, 2.75) is 31.0 Å². The average Bonchev–Trinajstić information content (AvgIpc) is 3.15. The highest BCUT2D eigenvalue weighted by Gasteiger charge is 2.39. The summed E-state index contributed by atoms with van der Waals surface area (Å²) >= 11 is 1.94. The lowest BCUT2D eigenvalue weighted by Crippen LogP contribution is -2.43. The van der Waals surface area contributed by atoms with Gasteiger partial charge in [-0.25, -0.2) is 14.0 Å². The third kappa shape index (κ3) is 3.52. The summed E-state index contributed by atoms with van der Waals surface area (Å²) < 4.78 is 24.6. The number of fused-ring (bicyclic) bond motifs is 2. The SMILES string of the molecule is COC(=O)NC[C@H]1CN(c2ccc(N3[C@@H]4CC[C@H]3CSC4)c(F)c2)C(=O)O1. The number of benzene rings is 1. The van der Waals surface area contributed by atoms with E-state index >= 15 is 0 Å². The van der Waals surface area contributed by atoms with E-state index in [1.807, 2.05) is 11.8 Å². The molecule has 7 nitrogen and oxygen atoms in total. The number of thioether (sulfide) groups is 1. The second kappa shape index (κ2) is 7.46. The molecule has 0 spiro atoms. The summed E-state index contributed by atoms with van der Waals surface area (Å²) in [5.41, 5.74) is 1.07. The summed E-state index contributed by atoms with van der Waals surface area (Å²) in [6.45, 7) is 0.386. The highest BCUT2D eigenvalue weighted by molar-refractivity contribution is 7.99. The van der Waals surface area contributed by atoms with Crippen LogP contribution in [0.15, 0.2) is 18.2 Å². The quantitative estimate of drug-likeness (QED) is 0.845. The van der Waals surface area contributed by atoms with Gasteiger partial charge in [0.05, 0.1) is 31.6 Å². The van der Waals surface area contributed by atoms with Crippen LogP contribution in [0, 0.1) is 5.82 Å². The Labute approximate surface area is 161 Å². The third-order valence-electron chi connectivity index (χ3n) is 5.30. The molecule has 3 saturated heterocycles. The van der Waals surface area contributed by atoms with Crippen LogP contribution < -0.4 is 15.1 Å². The first kappa shape index (κ1) is 18.2. The van der Waals surface area contributed by atoms with Gasteiger partial charge in [-0.1, -0.05) is 0 Å². The summed E-state index contributed by atoms with van der Waals surface area (Å²) in [6.07, 6.45) is 0.565. The minimum Gasteiger partial charge on any atom is -0.453 e. The Morgan fingerprint density at radius 1 is 1.37 bits per heavy atom. The molecule has 146 valence electrons. The first-order chi connectivity index (χ1) is 13.1. The van der Waals surface area contributed by atoms with Crippen molar-refractivity contribution in [3.63, 3.8) is 0 Å². The van der Waals surface area contributed by atoms with Crippen molar-refractivity contribution < 1.29 is 23.5 Å². The van der Waals surface area contributed by atoms with E-state index in [4.69, 9.17) is 4.74 Å². The van der Waals surface area contributed by atoms with Crippen LogP contribution in [0.1, 0.15) is 12.8 Å². The van der Waals surface area contributed by atoms with Gasteiger partial charge >= 0.3 is 12.2 Å². The van der Waals surface area contributed by atoms with Gasteiger partial charge in [-0.15, -0.1) is 0 Å². The Bertz CT molecular complexity index is 733. The molecule has 1 aromatic carbocycles. The number of halogens is 1. The van der Waals surface area contributed by atoms with Crippen LogP contribution in [-0.2, 0) is 9.47 Å². The fourth-order valence-electron chi connectivity index (χ4n) is 4.00. The molecule has 2 bridgehead atoms. The lowest BCUT2D eigenvalue weighted by atomic mass is 10.2. The van der Waals surface area contributed by atoms with Crippen molar-refractivity contribution in [3.05, 3.63) is 24.0 Å². The minimum absolute atomic E-state index is 0.143. The third-order valence-corrected chi connectivity index (χ3v) is 6.54. The van der Waals surface area contributed by atoms with Crippen LogP contribution in [0.2, 0.25) is 0 Å². The van der Waals surface area contributed by atoms with E-state index in [1.54, 1.807) is 12.1 Å². The maximum absolute atomic E-state index is 14.9. The number of alkyl carbamates (subject to hydrolysis) is 1. The van der Waals surface area contributed by atoms with Crippen molar-refractivity contribution in [1.82, 2.24) is 5.32 Å². The average molecular weight is 395 g/mol. The second-order valence-corrected chi connectivity index (χ2v) is 8.03. The van der Waals surface area contributed by atoms with E-state index in [-0.39, 0.29) is 18.9 Å². The Morgan fingerprint density at radius 3 is 2.78 bits per heavy atom. The zero-order valence-electron chi connectivity index (χ0n) is 15.0. The molecule has 3 heterocycles. The number of nitrogens with one attached hydrogen (secondary N) is 1. The molecule has 3 aliphatic rings. The summed E-state index contributed by atoms with van der Waals surface area (Å²) in [7, 11) is 1.26. The number of nitrogens with zero attached hydrogens (tertiary/aromatic N) is 2. The highest BCUT2D eigenvalue weighted by atomic mass is 32.2.